The zero-order valence-corrected chi connectivity index (χ0v) is 19.7. The van der Waals surface area contributed by atoms with E-state index in [0.29, 0.717) is 25.4 Å². The standard InChI is InChI=1S/C26H31N3O3S/c30-26(25-23-10-1-2-11-24(23)27-28-25)29(18-21-8-4-13-31-21)17-19-6-3-7-20(16-19)32-14-12-22-9-5-15-33-22/h3,5-7,9,15-16,21H,1-2,4,8,10-14,17-18H2,(H,27,28). The van der Waals surface area contributed by atoms with Gasteiger partial charge in [0.25, 0.3) is 5.91 Å². The predicted molar refractivity (Wildman–Crippen MR) is 129 cm³/mol. The maximum Gasteiger partial charge on any atom is 0.275 e. The first-order valence-electron chi connectivity index (χ1n) is 12.0. The summed E-state index contributed by atoms with van der Waals surface area (Å²) < 4.78 is 11.9. The van der Waals surface area contributed by atoms with E-state index in [4.69, 9.17) is 9.47 Å². The van der Waals surface area contributed by atoms with Crippen molar-refractivity contribution < 1.29 is 14.3 Å². The van der Waals surface area contributed by atoms with Crippen molar-refractivity contribution in [3.05, 3.63) is 69.2 Å². The minimum absolute atomic E-state index is 0.00563. The molecule has 1 aromatic carbocycles. The molecule has 0 saturated carbocycles. The fourth-order valence-corrected chi connectivity index (χ4v) is 5.43. The number of thiophene rings is 1. The zero-order chi connectivity index (χ0) is 22.5. The molecule has 3 aromatic rings. The van der Waals surface area contributed by atoms with Crippen molar-refractivity contribution in [1.82, 2.24) is 15.1 Å². The van der Waals surface area contributed by atoms with E-state index < -0.39 is 0 Å². The lowest BCUT2D eigenvalue weighted by atomic mass is 9.95. The van der Waals surface area contributed by atoms with Crippen LogP contribution in [0.3, 0.4) is 0 Å². The van der Waals surface area contributed by atoms with Crippen molar-refractivity contribution in [2.75, 3.05) is 19.8 Å². The summed E-state index contributed by atoms with van der Waals surface area (Å²) >= 11 is 1.75. The number of rotatable bonds is 9. The van der Waals surface area contributed by atoms with Crippen molar-refractivity contribution in [3.63, 3.8) is 0 Å². The van der Waals surface area contributed by atoms with Crippen LogP contribution < -0.4 is 4.74 Å². The molecule has 3 heterocycles. The van der Waals surface area contributed by atoms with E-state index in [0.717, 1.165) is 74.1 Å². The molecule has 1 amide bonds. The van der Waals surface area contributed by atoms with Gasteiger partial charge in [0.1, 0.15) is 5.75 Å². The number of carbonyl (C=O) groups is 1. The van der Waals surface area contributed by atoms with E-state index in [1.165, 1.54) is 4.88 Å². The van der Waals surface area contributed by atoms with Gasteiger partial charge in [-0.3, -0.25) is 9.89 Å². The highest BCUT2D eigenvalue weighted by molar-refractivity contribution is 7.09. The fourth-order valence-electron chi connectivity index (χ4n) is 4.74. The molecular formula is C26H31N3O3S. The Hall–Kier alpha value is -2.64. The van der Waals surface area contributed by atoms with Gasteiger partial charge < -0.3 is 14.4 Å². The Morgan fingerprint density at radius 1 is 1.21 bits per heavy atom. The predicted octanol–water partition coefficient (Wildman–Crippen LogP) is 4.79. The van der Waals surface area contributed by atoms with Gasteiger partial charge in [-0.1, -0.05) is 18.2 Å². The maximum absolute atomic E-state index is 13.6. The molecule has 1 unspecified atom stereocenters. The summed E-state index contributed by atoms with van der Waals surface area (Å²) in [7, 11) is 0. The first-order chi connectivity index (χ1) is 16.3. The summed E-state index contributed by atoms with van der Waals surface area (Å²) in [6, 6.07) is 12.3. The van der Waals surface area contributed by atoms with Crippen molar-refractivity contribution in [2.45, 2.75) is 57.6 Å². The number of nitrogens with one attached hydrogen (secondary N) is 1. The quantitative estimate of drug-likeness (QED) is 0.493. The number of hydrogen-bond acceptors (Lipinski definition) is 5. The Morgan fingerprint density at radius 2 is 2.15 bits per heavy atom. The van der Waals surface area contributed by atoms with Crippen LogP contribution in [0.25, 0.3) is 0 Å². The number of aryl methyl sites for hydroxylation is 1. The molecule has 0 spiro atoms. The SMILES string of the molecule is O=C(c1n[nH]c2c1CCCC2)N(Cc1cccc(OCCc2cccs2)c1)CC1CCCO1. The molecule has 2 aliphatic rings. The molecule has 1 N–H and O–H groups in total. The van der Waals surface area contributed by atoms with Gasteiger partial charge in [0.05, 0.1) is 12.7 Å². The third kappa shape index (κ3) is 5.47. The highest BCUT2D eigenvalue weighted by Gasteiger charge is 2.28. The van der Waals surface area contributed by atoms with Gasteiger partial charge in [-0.25, -0.2) is 0 Å². The van der Waals surface area contributed by atoms with E-state index in [-0.39, 0.29) is 12.0 Å². The molecule has 1 atom stereocenters. The number of H-pyrrole nitrogens is 1. The highest BCUT2D eigenvalue weighted by atomic mass is 32.1. The molecule has 1 saturated heterocycles. The number of fused-ring (bicyclic) bond motifs is 1. The van der Waals surface area contributed by atoms with Crippen LogP contribution >= 0.6 is 11.3 Å². The molecule has 1 aliphatic heterocycles. The molecule has 0 bridgehead atoms. The third-order valence-corrected chi connectivity index (χ3v) is 7.40. The molecule has 1 aliphatic carbocycles. The number of carbonyl (C=O) groups excluding carboxylic acids is 1. The van der Waals surface area contributed by atoms with E-state index in [9.17, 15) is 4.79 Å². The Morgan fingerprint density at radius 3 is 3.00 bits per heavy atom. The van der Waals surface area contributed by atoms with Gasteiger partial charge in [0, 0.05) is 42.3 Å². The van der Waals surface area contributed by atoms with Crippen molar-refractivity contribution in [1.29, 1.82) is 0 Å². The number of amides is 1. The van der Waals surface area contributed by atoms with Gasteiger partial charge in [0.2, 0.25) is 0 Å². The molecule has 0 radical (unpaired) electrons. The lowest BCUT2D eigenvalue weighted by Crippen LogP contribution is -2.37. The van der Waals surface area contributed by atoms with Crippen LogP contribution in [0.4, 0.5) is 0 Å². The fraction of sp³-hybridized carbons (Fsp3) is 0.462. The lowest BCUT2D eigenvalue weighted by molar-refractivity contribution is 0.0501. The minimum Gasteiger partial charge on any atom is -0.493 e. The maximum atomic E-state index is 13.6. The zero-order valence-electron chi connectivity index (χ0n) is 18.9. The van der Waals surface area contributed by atoms with Crippen molar-refractivity contribution in [2.24, 2.45) is 0 Å². The number of aromatic amines is 1. The molecule has 5 rings (SSSR count). The van der Waals surface area contributed by atoms with Gasteiger partial charge in [-0.2, -0.15) is 5.10 Å². The number of ether oxygens (including phenoxy) is 2. The average molecular weight is 466 g/mol. The van der Waals surface area contributed by atoms with Gasteiger partial charge >= 0.3 is 0 Å². The second-order valence-corrected chi connectivity index (χ2v) is 9.91. The van der Waals surface area contributed by atoms with Gasteiger partial charge in [-0.15, -0.1) is 11.3 Å². The normalized spacial score (nSPS) is 17.6. The number of aromatic nitrogens is 2. The second kappa shape index (κ2) is 10.5. The average Bonchev–Trinajstić information content (AvgIpc) is 3.61. The number of nitrogens with zero attached hydrogens (tertiary/aromatic N) is 2. The van der Waals surface area contributed by atoms with Crippen molar-refractivity contribution >= 4 is 17.2 Å². The number of hydrogen-bond donors (Lipinski definition) is 1. The Bertz CT molecular complexity index is 1060. The Kier molecular flexibility index (Phi) is 7.07. The summed E-state index contributed by atoms with van der Waals surface area (Å²) in [6.45, 7) is 2.52. The Balaban J connectivity index is 1.29. The van der Waals surface area contributed by atoms with Crippen LogP contribution in [0.15, 0.2) is 41.8 Å². The summed E-state index contributed by atoms with van der Waals surface area (Å²) in [6.07, 6.45) is 7.21. The van der Waals surface area contributed by atoms with Crippen molar-refractivity contribution in [3.8, 4) is 5.75 Å². The highest BCUT2D eigenvalue weighted by Crippen LogP contribution is 2.25. The van der Waals surface area contributed by atoms with Gasteiger partial charge in [-0.05, 0) is 67.7 Å². The first kappa shape index (κ1) is 22.2. The van der Waals surface area contributed by atoms with Crippen LogP contribution in [0, 0.1) is 0 Å². The second-order valence-electron chi connectivity index (χ2n) is 8.88. The van der Waals surface area contributed by atoms with E-state index in [1.54, 1.807) is 11.3 Å². The molecule has 33 heavy (non-hydrogen) atoms. The van der Waals surface area contributed by atoms with E-state index in [2.05, 4.69) is 33.8 Å². The lowest BCUT2D eigenvalue weighted by Gasteiger charge is -2.26. The van der Waals surface area contributed by atoms with Gasteiger partial charge in [0.15, 0.2) is 5.69 Å². The molecular weight excluding hydrogens is 434 g/mol. The van der Waals surface area contributed by atoms with E-state index in [1.807, 2.05) is 23.1 Å². The summed E-state index contributed by atoms with van der Waals surface area (Å²) in [5.41, 5.74) is 3.88. The molecule has 2 aromatic heterocycles. The first-order valence-corrected chi connectivity index (χ1v) is 12.9. The van der Waals surface area contributed by atoms with Crippen LogP contribution in [0.5, 0.6) is 5.75 Å². The number of benzene rings is 1. The molecule has 6 nitrogen and oxygen atoms in total. The topological polar surface area (TPSA) is 67.5 Å². The van der Waals surface area contributed by atoms with Crippen LogP contribution in [-0.2, 0) is 30.5 Å². The van der Waals surface area contributed by atoms with Crippen LogP contribution in [0.1, 0.15) is 57.9 Å². The van der Waals surface area contributed by atoms with E-state index >= 15 is 0 Å². The Labute approximate surface area is 198 Å². The third-order valence-electron chi connectivity index (χ3n) is 6.46. The summed E-state index contributed by atoms with van der Waals surface area (Å²) in [5, 5.41) is 9.64. The summed E-state index contributed by atoms with van der Waals surface area (Å²) in [4.78, 5) is 16.8. The molecule has 7 heteroatoms. The smallest absolute Gasteiger partial charge is 0.275 e. The summed E-state index contributed by atoms with van der Waals surface area (Å²) in [5.74, 6) is 0.833. The van der Waals surface area contributed by atoms with Crippen LogP contribution in [0.2, 0.25) is 0 Å². The molecule has 174 valence electrons. The van der Waals surface area contributed by atoms with Crippen LogP contribution in [-0.4, -0.2) is 46.9 Å². The monoisotopic (exact) mass is 465 g/mol. The molecule has 1 fully saturated rings. The minimum atomic E-state index is -0.00563. The largest absolute Gasteiger partial charge is 0.493 e.